The highest BCUT2D eigenvalue weighted by molar-refractivity contribution is 6.39. The monoisotopic (exact) mass is 349 g/mol. The van der Waals surface area contributed by atoms with E-state index in [1.54, 1.807) is 12.1 Å². The highest BCUT2D eigenvalue weighted by Crippen LogP contribution is 2.28. The van der Waals surface area contributed by atoms with Crippen molar-refractivity contribution in [3.05, 3.63) is 32.8 Å². The maximum atomic E-state index is 6.15. The van der Waals surface area contributed by atoms with Crippen LogP contribution < -0.4 is 5.32 Å². The lowest BCUT2D eigenvalue weighted by Crippen LogP contribution is -2.15. The maximum absolute atomic E-state index is 6.15. The second kappa shape index (κ2) is 11.6. The smallest absolute Gasteiger partial charge is 0.0480 e. The topological polar surface area (TPSA) is 12.0 Å². The van der Waals surface area contributed by atoms with Gasteiger partial charge in [-0.3, -0.25) is 0 Å². The van der Waals surface area contributed by atoms with E-state index in [1.165, 1.54) is 51.4 Å². The van der Waals surface area contributed by atoms with Crippen molar-refractivity contribution in [1.29, 1.82) is 0 Å². The molecule has 0 unspecified atom stereocenters. The molecule has 0 aliphatic heterocycles. The van der Waals surface area contributed by atoms with Gasteiger partial charge in [-0.25, -0.2) is 0 Å². The fourth-order valence-electron chi connectivity index (χ4n) is 2.34. The van der Waals surface area contributed by atoms with E-state index in [9.17, 15) is 0 Å². The Balaban J connectivity index is 2.07. The first-order valence-electron chi connectivity index (χ1n) is 7.99. The van der Waals surface area contributed by atoms with E-state index < -0.39 is 0 Å². The number of nitrogens with one attached hydrogen (secondary N) is 1. The Bertz CT molecular complexity index is 384. The van der Waals surface area contributed by atoms with Gasteiger partial charge >= 0.3 is 0 Å². The van der Waals surface area contributed by atoms with E-state index >= 15 is 0 Å². The molecular formula is C17H26Cl3N. The summed E-state index contributed by atoms with van der Waals surface area (Å²) < 4.78 is 0. The Hall–Kier alpha value is 0.0500. The molecule has 0 bridgehead atoms. The van der Waals surface area contributed by atoms with E-state index in [-0.39, 0.29) is 0 Å². The molecule has 1 nitrogen and oxygen atoms in total. The summed E-state index contributed by atoms with van der Waals surface area (Å²) in [5.41, 5.74) is 0.933. The lowest BCUT2D eigenvalue weighted by molar-refractivity contribution is 0.555. The summed E-state index contributed by atoms with van der Waals surface area (Å²) in [4.78, 5) is 0. The minimum atomic E-state index is 0.580. The molecule has 0 aliphatic carbocycles. The van der Waals surface area contributed by atoms with Crippen LogP contribution in [0.4, 0.5) is 0 Å². The molecule has 0 amide bonds. The minimum absolute atomic E-state index is 0.580. The maximum Gasteiger partial charge on any atom is 0.0480 e. The van der Waals surface area contributed by atoms with Crippen LogP contribution in [0.5, 0.6) is 0 Å². The average molecular weight is 351 g/mol. The van der Waals surface area contributed by atoms with Gasteiger partial charge in [0.05, 0.1) is 0 Å². The molecule has 0 fully saturated rings. The van der Waals surface area contributed by atoms with Crippen LogP contribution in [0.25, 0.3) is 0 Å². The van der Waals surface area contributed by atoms with Gasteiger partial charge in [0.2, 0.25) is 0 Å². The van der Waals surface area contributed by atoms with E-state index in [0.29, 0.717) is 21.6 Å². The summed E-state index contributed by atoms with van der Waals surface area (Å²) >= 11 is 18.2. The first-order chi connectivity index (χ1) is 10.1. The molecule has 1 aromatic rings. The number of hydrogen-bond acceptors (Lipinski definition) is 1. The average Bonchev–Trinajstić information content (AvgIpc) is 2.43. The zero-order valence-electron chi connectivity index (χ0n) is 12.9. The van der Waals surface area contributed by atoms with E-state index in [4.69, 9.17) is 34.8 Å². The SMILES string of the molecule is CCCCCCCCCCNCc1c(Cl)cc(Cl)cc1Cl. The fourth-order valence-corrected chi connectivity index (χ4v) is 3.29. The highest BCUT2D eigenvalue weighted by Gasteiger charge is 2.07. The van der Waals surface area contributed by atoms with Gasteiger partial charge in [0, 0.05) is 27.2 Å². The molecule has 0 saturated heterocycles. The molecule has 21 heavy (non-hydrogen) atoms. The highest BCUT2D eigenvalue weighted by atomic mass is 35.5. The summed E-state index contributed by atoms with van der Waals surface area (Å²) in [6, 6.07) is 3.48. The van der Waals surface area contributed by atoms with Gasteiger partial charge in [0.15, 0.2) is 0 Å². The predicted molar refractivity (Wildman–Crippen MR) is 95.8 cm³/mol. The Morgan fingerprint density at radius 1 is 0.810 bits per heavy atom. The Morgan fingerprint density at radius 2 is 1.33 bits per heavy atom. The second-order valence-electron chi connectivity index (χ2n) is 5.50. The zero-order valence-corrected chi connectivity index (χ0v) is 15.1. The van der Waals surface area contributed by atoms with Crippen LogP contribution in [0.1, 0.15) is 63.9 Å². The molecule has 0 spiro atoms. The summed E-state index contributed by atoms with van der Waals surface area (Å²) in [7, 11) is 0. The molecule has 0 radical (unpaired) electrons. The van der Waals surface area contributed by atoms with Crippen LogP contribution in [0.2, 0.25) is 15.1 Å². The van der Waals surface area contributed by atoms with Crippen LogP contribution in [-0.4, -0.2) is 6.54 Å². The molecule has 4 heteroatoms. The Morgan fingerprint density at radius 3 is 1.90 bits per heavy atom. The molecule has 0 aromatic heterocycles. The molecule has 0 aliphatic rings. The van der Waals surface area contributed by atoms with Crippen LogP contribution >= 0.6 is 34.8 Å². The molecule has 1 rings (SSSR count). The number of unbranched alkanes of at least 4 members (excludes halogenated alkanes) is 7. The van der Waals surface area contributed by atoms with Crippen molar-refractivity contribution >= 4 is 34.8 Å². The van der Waals surface area contributed by atoms with Gasteiger partial charge in [-0.05, 0) is 25.1 Å². The summed E-state index contributed by atoms with van der Waals surface area (Å²) in [6.45, 7) is 3.96. The fraction of sp³-hybridized carbons (Fsp3) is 0.647. The molecule has 120 valence electrons. The third-order valence-corrected chi connectivity index (χ3v) is 4.51. The van der Waals surface area contributed by atoms with Gasteiger partial charge in [0.25, 0.3) is 0 Å². The largest absolute Gasteiger partial charge is 0.313 e. The van der Waals surface area contributed by atoms with Gasteiger partial charge in [-0.15, -0.1) is 0 Å². The van der Waals surface area contributed by atoms with Gasteiger partial charge in [0.1, 0.15) is 0 Å². The molecule has 0 saturated carbocycles. The lowest BCUT2D eigenvalue weighted by atomic mass is 10.1. The van der Waals surface area contributed by atoms with Crippen LogP contribution in [0, 0.1) is 0 Å². The van der Waals surface area contributed by atoms with Crippen molar-refractivity contribution in [2.45, 2.75) is 64.8 Å². The summed E-state index contributed by atoms with van der Waals surface area (Å²) in [5, 5.41) is 5.25. The lowest BCUT2D eigenvalue weighted by Gasteiger charge is -2.09. The first-order valence-corrected chi connectivity index (χ1v) is 9.12. The van der Waals surface area contributed by atoms with Gasteiger partial charge in [-0.2, -0.15) is 0 Å². The zero-order chi connectivity index (χ0) is 15.5. The van der Waals surface area contributed by atoms with Gasteiger partial charge < -0.3 is 5.32 Å². The van der Waals surface area contributed by atoms with Crippen LogP contribution in [0.15, 0.2) is 12.1 Å². The first kappa shape index (κ1) is 19.1. The van der Waals surface area contributed by atoms with Crippen LogP contribution in [0.3, 0.4) is 0 Å². The number of benzene rings is 1. The number of rotatable bonds is 11. The van der Waals surface area contributed by atoms with Crippen molar-refractivity contribution in [1.82, 2.24) is 5.32 Å². The third-order valence-electron chi connectivity index (χ3n) is 3.61. The minimum Gasteiger partial charge on any atom is -0.313 e. The Labute approximate surface area is 144 Å². The quantitative estimate of drug-likeness (QED) is 0.429. The third kappa shape index (κ3) is 8.30. The van der Waals surface area contributed by atoms with E-state index in [2.05, 4.69) is 12.2 Å². The van der Waals surface area contributed by atoms with E-state index in [0.717, 1.165) is 12.1 Å². The standard InChI is InChI=1S/C17H26Cl3N/c1-2-3-4-5-6-7-8-9-10-21-13-15-16(19)11-14(18)12-17(15)20/h11-12,21H,2-10,13H2,1H3. The number of halogens is 3. The van der Waals surface area contributed by atoms with Crippen molar-refractivity contribution in [3.63, 3.8) is 0 Å². The molecule has 0 atom stereocenters. The van der Waals surface area contributed by atoms with Crippen LogP contribution in [-0.2, 0) is 6.54 Å². The second-order valence-corrected chi connectivity index (χ2v) is 6.75. The van der Waals surface area contributed by atoms with Gasteiger partial charge in [-0.1, -0.05) is 86.7 Å². The molecular weight excluding hydrogens is 325 g/mol. The van der Waals surface area contributed by atoms with E-state index in [1.807, 2.05) is 0 Å². The number of hydrogen-bond donors (Lipinski definition) is 1. The van der Waals surface area contributed by atoms with Crippen molar-refractivity contribution < 1.29 is 0 Å². The van der Waals surface area contributed by atoms with Crippen molar-refractivity contribution in [2.75, 3.05) is 6.54 Å². The predicted octanol–water partition coefficient (Wildman–Crippen LogP) is 6.88. The molecule has 1 aromatic carbocycles. The van der Waals surface area contributed by atoms with Crippen molar-refractivity contribution in [2.24, 2.45) is 0 Å². The summed E-state index contributed by atoms with van der Waals surface area (Å²) in [6.07, 6.45) is 10.7. The normalized spacial score (nSPS) is 11.0. The Kier molecular flexibility index (Phi) is 10.5. The molecule has 1 N–H and O–H groups in total. The van der Waals surface area contributed by atoms with Crippen molar-refractivity contribution in [3.8, 4) is 0 Å². The summed E-state index contributed by atoms with van der Waals surface area (Å²) in [5.74, 6) is 0. The molecule has 0 heterocycles.